The average Bonchev–Trinajstić information content (AvgIpc) is 3.40. The maximum atomic E-state index is 14.6. The summed E-state index contributed by atoms with van der Waals surface area (Å²) < 4.78 is 11.0. The minimum Gasteiger partial charge on any atom is -0.465 e. The number of ether oxygens (including phenoxy) is 2. The molecule has 5 saturated carbocycles. The summed E-state index contributed by atoms with van der Waals surface area (Å²) in [6.45, 7) is 20.7. The number of benzene rings is 1. The first kappa shape index (κ1) is 33.3. The zero-order valence-electron chi connectivity index (χ0n) is 29.6. The molecule has 46 heavy (non-hydrogen) atoms. The van der Waals surface area contributed by atoms with E-state index in [2.05, 4.69) is 53.4 Å². The quantitative estimate of drug-likeness (QED) is 0.259. The van der Waals surface area contributed by atoms with E-state index >= 15 is 0 Å². The summed E-state index contributed by atoms with van der Waals surface area (Å²) in [7, 11) is 1.38. The van der Waals surface area contributed by atoms with E-state index in [0.29, 0.717) is 34.9 Å². The van der Waals surface area contributed by atoms with Crippen LogP contribution in [-0.2, 0) is 19.1 Å². The molecule has 0 aliphatic heterocycles. The highest BCUT2D eigenvalue weighted by atomic mass is 16.5. The molecular formula is C40H57NO5. The molecule has 0 saturated heterocycles. The Labute approximate surface area is 276 Å². The normalized spacial score (nSPS) is 42.3. The molecule has 0 heterocycles. The van der Waals surface area contributed by atoms with E-state index in [1.807, 2.05) is 12.1 Å². The smallest absolute Gasteiger partial charge is 0.339 e. The van der Waals surface area contributed by atoms with Crippen LogP contribution in [0.25, 0.3) is 0 Å². The Bertz CT molecular complexity index is 1430. The van der Waals surface area contributed by atoms with E-state index in [4.69, 9.17) is 9.47 Å². The Hall–Kier alpha value is -2.63. The molecule has 1 aromatic carbocycles. The van der Waals surface area contributed by atoms with Crippen LogP contribution in [0.2, 0.25) is 0 Å². The fraction of sp³-hybridized carbons (Fsp3) is 0.725. The van der Waals surface area contributed by atoms with Crippen molar-refractivity contribution in [3.63, 3.8) is 0 Å². The van der Waals surface area contributed by atoms with Gasteiger partial charge in [-0.25, -0.2) is 4.79 Å². The fourth-order valence-corrected chi connectivity index (χ4v) is 13.0. The molecule has 0 spiro atoms. The van der Waals surface area contributed by atoms with Gasteiger partial charge in [0.05, 0.1) is 23.8 Å². The van der Waals surface area contributed by atoms with Gasteiger partial charge in [-0.15, -0.1) is 0 Å². The number of rotatable bonds is 5. The molecule has 0 unspecified atom stereocenters. The van der Waals surface area contributed by atoms with Crippen molar-refractivity contribution in [2.24, 2.45) is 56.7 Å². The highest BCUT2D eigenvalue weighted by Gasteiger charge is 2.72. The van der Waals surface area contributed by atoms with Crippen molar-refractivity contribution in [3.05, 3.63) is 42.0 Å². The third-order valence-electron chi connectivity index (χ3n) is 15.3. The van der Waals surface area contributed by atoms with Crippen LogP contribution in [0.3, 0.4) is 0 Å². The summed E-state index contributed by atoms with van der Waals surface area (Å²) in [6, 6.07) is 7.21. The van der Waals surface area contributed by atoms with Gasteiger partial charge in [-0.05, 0) is 129 Å². The molecule has 5 aliphatic rings. The van der Waals surface area contributed by atoms with Crippen LogP contribution < -0.4 is 5.32 Å². The predicted molar refractivity (Wildman–Crippen MR) is 181 cm³/mol. The lowest BCUT2D eigenvalue weighted by Crippen LogP contribution is -2.67. The van der Waals surface area contributed by atoms with Gasteiger partial charge in [0, 0.05) is 12.3 Å². The van der Waals surface area contributed by atoms with E-state index in [0.717, 1.165) is 51.4 Å². The summed E-state index contributed by atoms with van der Waals surface area (Å²) in [5.74, 6) is 1.54. The zero-order chi connectivity index (χ0) is 33.4. The summed E-state index contributed by atoms with van der Waals surface area (Å²) in [5, 5.41) is 3.26. The second kappa shape index (κ2) is 11.2. The number of fused-ring (bicyclic) bond motifs is 7. The fourth-order valence-electron chi connectivity index (χ4n) is 13.0. The Morgan fingerprint density at radius 3 is 2.22 bits per heavy atom. The highest BCUT2D eigenvalue weighted by Crippen LogP contribution is 2.77. The van der Waals surface area contributed by atoms with Gasteiger partial charge in [0.15, 0.2) is 0 Å². The van der Waals surface area contributed by atoms with Crippen molar-refractivity contribution in [2.45, 2.75) is 119 Å². The number of carbonyl (C=O) groups excluding carboxylic acids is 3. The van der Waals surface area contributed by atoms with Crippen molar-refractivity contribution in [3.8, 4) is 0 Å². The van der Waals surface area contributed by atoms with Gasteiger partial charge in [-0.3, -0.25) is 9.59 Å². The van der Waals surface area contributed by atoms with Crippen molar-refractivity contribution in [2.75, 3.05) is 12.4 Å². The molecule has 1 N–H and O–H groups in total. The third-order valence-corrected chi connectivity index (χ3v) is 15.3. The van der Waals surface area contributed by atoms with Crippen molar-refractivity contribution >= 4 is 23.5 Å². The molecule has 6 nitrogen and oxygen atoms in total. The van der Waals surface area contributed by atoms with Gasteiger partial charge >= 0.3 is 11.9 Å². The summed E-state index contributed by atoms with van der Waals surface area (Å²) in [6.07, 6.45) is 10.4. The van der Waals surface area contributed by atoms with Crippen LogP contribution in [0, 0.1) is 56.7 Å². The van der Waals surface area contributed by atoms with E-state index in [1.54, 1.807) is 19.1 Å². The second-order valence-electron chi connectivity index (χ2n) is 17.3. The zero-order valence-corrected chi connectivity index (χ0v) is 29.6. The molecule has 10 atom stereocenters. The summed E-state index contributed by atoms with van der Waals surface area (Å²) >= 11 is 0. The monoisotopic (exact) mass is 631 g/mol. The SMILES string of the molecule is C=C(C)[C@@H]1CC[C@]2(C(=O)Nc3ccccc3C(=O)OC)CC[C@]3(C)[C@H](CC[C@@H]4[C@@]5(C)CC[C@H](OC(C)=O)C(C)(C)[C@@H]5CC[C@]43C)[C@@H]12. The molecule has 5 aliphatic carbocycles. The van der Waals surface area contributed by atoms with Crippen LogP contribution >= 0.6 is 0 Å². The van der Waals surface area contributed by atoms with Crippen LogP contribution in [0.4, 0.5) is 5.69 Å². The molecule has 6 rings (SSSR count). The lowest BCUT2D eigenvalue weighted by atomic mass is 9.32. The minimum absolute atomic E-state index is 0.0210. The van der Waals surface area contributed by atoms with E-state index in [1.165, 1.54) is 25.5 Å². The first-order valence-corrected chi connectivity index (χ1v) is 17.9. The second-order valence-corrected chi connectivity index (χ2v) is 17.3. The molecule has 1 amide bonds. The Balaban J connectivity index is 1.34. The Morgan fingerprint density at radius 1 is 0.826 bits per heavy atom. The number of allylic oxidation sites excluding steroid dienone is 1. The van der Waals surface area contributed by atoms with Crippen molar-refractivity contribution in [1.82, 2.24) is 0 Å². The molecular weight excluding hydrogens is 574 g/mol. The Kier molecular flexibility index (Phi) is 8.12. The molecule has 0 aromatic heterocycles. The average molecular weight is 632 g/mol. The van der Waals surface area contributed by atoms with Gasteiger partial charge in [0.1, 0.15) is 6.10 Å². The molecule has 1 aromatic rings. The maximum absolute atomic E-state index is 14.6. The number of hydrogen-bond donors (Lipinski definition) is 1. The summed E-state index contributed by atoms with van der Waals surface area (Å²) in [4.78, 5) is 39.3. The minimum atomic E-state index is -0.481. The molecule has 0 bridgehead atoms. The number of carbonyl (C=O) groups is 3. The molecule has 0 radical (unpaired) electrons. The first-order chi connectivity index (χ1) is 21.6. The van der Waals surface area contributed by atoms with Gasteiger partial charge in [-0.2, -0.15) is 0 Å². The lowest BCUT2D eigenvalue weighted by Gasteiger charge is -2.72. The lowest BCUT2D eigenvalue weighted by molar-refractivity contribution is -0.248. The standard InChI is InChI=1S/C40H57NO5/c1-24(2)26-16-21-40(35(44)41-29-13-11-10-12-27(29)34(43)45-9)23-22-38(7)28(33(26)40)14-15-31-37(6)19-18-32(46-25(3)42)36(4,5)30(37)17-20-39(31,38)8/h10-13,26,28,30-33H,1,14-23H2,2-9H3,(H,41,44)/t26-,28+,30-,31+,32-,33+,37-,38+,39+,40-/m0/s1. The summed E-state index contributed by atoms with van der Waals surface area (Å²) in [5.41, 5.74) is 2.05. The maximum Gasteiger partial charge on any atom is 0.339 e. The Morgan fingerprint density at radius 2 is 1.54 bits per heavy atom. The van der Waals surface area contributed by atoms with E-state index < -0.39 is 11.4 Å². The van der Waals surface area contributed by atoms with E-state index in [9.17, 15) is 14.4 Å². The van der Waals surface area contributed by atoms with Crippen LogP contribution in [-0.4, -0.2) is 31.1 Å². The number of esters is 2. The number of hydrogen-bond acceptors (Lipinski definition) is 5. The third kappa shape index (κ3) is 4.58. The van der Waals surface area contributed by atoms with Gasteiger partial charge in [-0.1, -0.05) is 58.9 Å². The van der Waals surface area contributed by atoms with Gasteiger partial charge in [0.25, 0.3) is 0 Å². The molecule has 252 valence electrons. The number of anilines is 1. The largest absolute Gasteiger partial charge is 0.465 e. The topological polar surface area (TPSA) is 81.7 Å². The van der Waals surface area contributed by atoms with Crippen LogP contribution in [0.1, 0.15) is 123 Å². The number of para-hydroxylation sites is 1. The van der Waals surface area contributed by atoms with Gasteiger partial charge in [0.2, 0.25) is 5.91 Å². The van der Waals surface area contributed by atoms with Gasteiger partial charge < -0.3 is 14.8 Å². The van der Waals surface area contributed by atoms with Crippen molar-refractivity contribution in [1.29, 1.82) is 0 Å². The van der Waals surface area contributed by atoms with Crippen molar-refractivity contribution < 1.29 is 23.9 Å². The number of nitrogens with one attached hydrogen (secondary N) is 1. The molecule has 5 fully saturated rings. The highest BCUT2D eigenvalue weighted by molar-refractivity contribution is 6.03. The van der Waals surface area contributed by atoms with E-state index in [-0.39, 0.29) is 45.6 Å². The predicted octanol–water partition coefficient (Wildman–Crippen LogP) is 9.00. The molecule has 6 heteroatoms. The van der Waals surface area contributed by atoms with Crippen LogP contribution in [0.5, 0.6) is 0 Å². The number of amides is 1. The number of methoxy groups -OCH3 is 1. The first-order valence-electron chi connectivity index (χ1n) is 17.9. The van der Waals surface area contributed by atoms with Crippen LogP contribution in [0.15, 0.2) is 36.4 Å².